The number of halogens is 2. The Morgan fingerprint density at radius 1 is 1.11 bits per heavy atom. The molecule has 2 aromatic rings. The summed E-state index contributed by atoms with van der Waals surface area (Å²) in [6, 6.07) is 9.71. The number of nitrogens with zero attached hydrogens (tertiary/aromatic N) is 1. The number of nitriles is 1. The van der Waals surface area contributed by atoms with Gasteiger partial charge in [0.25, 0.3) is 0 Å². The molecule has 2 N–H and O–H groups in total. The van der Waals surface area contributed by atoms with Gasteiger partial charge in [0.1, 0.15) is 17.3 Å². The molecule has 18 heavy (non-hydrogen) atoms. The molecule has 0 amide bonds. The molecule has 0 aromatic heterocycles. The van der Waals surface area contributed by atoms with Crippen LogP contribution in [0.5, 0.6) is 11.5 Å². The van der Waals surface area contributed by atoms with E-state index in [4.69, 9.17) is 15.7 Å². The van der Waals surface area contributed by atoms with Crippen molar-refractivity contribution in [3.63, 3.8) is 0 Å². The summed E-state index contributed by atoms with van der Waals surface area (Å²) in [5.74, 6) is -1.41. The molecule has 90 valence electrons. The summed E-state index contributed by atoms with van der Waals surface area (Å²) in [6.45, 7) is 0. The van der Waals surface area contributed by atoms with Crippen molar-refractivity contribution in [2.24, 2.45) is 0 Å². The van der Waals surface area contributed by atoms with Gasteiger partial charge in [0.05, 0.1) is 11.6 Å². The molecule has 0 aliphatic rings. The largest absolute Gasteiger partial charge is 0.455 e. The smallest absolute Gasteiger partial charge is 0.156 e. The van der Waals surface area contributed by atoms with Crippen LogP contribution >= 0.6 is 0 Å². The maximum absolute atomic E-state index is 13.2. The molecular formula is C13H8F2N2O. The van der Waals surface area contributed by atoms with E-state index in [0.29, 0.717) is 17.4 Å². The van der Waals surface area contributed by atoms with Crippen LogP contribution in [0.3, 0.4) is 0 Å². The first-order chi connectivity index (χ1) is 8.60. The molecule has 0 atom stereocenters. The average Bonchev–Trinajstić information content (AvgIpc) is 2.36. The fraction of sp³-hybridized carbons (Fsp3) is 0. The Hall–Kier alpha value is -2.61. The van der Waals surface area contributed by atoms with Gasteiger partial charge in [-0.3, -0.25) is 0 Å². The highest BCUT2D eigenvalue weighted by atomic mass is 19.1. The van der Waals surface area contributed by atoms with Crippen LogP contribution in [-0.2, 0) is 0 Å². The lowest BCUT2D eigenvalue weighted by Crippen LogP contribution is -1.97. The summed E-state index contributed by atoms with van der Waals surface area (Å²) in [4.78, 5) is 0. The van der Waals surface area contributed by atoms with E-state index >= 15 is 0 Å². The number of rotatable bonds is 2. The first-order valence-electron chi connectivity index (χ1n) is 5.02. The second-order valence-corrected chi connectivity index (χ2v) is 3.54. The molecule has 3 nitrogen and oxygen atoms in total. The number of anilines is 1. The van der Waals surface area contributed by atoms with Crippen LogP contribution < -0.4 is 10.5 Å². The van der Waals surface area contributed by atoms with Gasteiger partial charge in [0.2, 0.25) is 0 Å². The molecule has 0 saturated carbocycles. The minimum atomic E-state index is -0.876. The number of hydrogen-bond acceptors (Lipinski definition) is 3. The number of nitrogen functional groups attached to an aromatic ring is 1. The van der Waals surface area contributed by atoms with Crippen LogP contribution in [0.2, 0.25) is 0 Å². The molecule has 0 bridgehead atoms. The highest BCUT2D eigenvalue weighted by molar-refractivity contribution is 5.55. The first kappa shape index (κ1) is 11.9. The maximum atomic E-state index is 13.2. The predicted octanol–water partition coefficient (Wildman–Crippen LogP) is 3.21. The normalized spacial score (nSPS) is 9.83. The van der Waals surface area contributed by atoms with Gasteiger partial charge in [-0.1, -0.05) is 0 Å². The van der Waals surface area contributed by atoms with Gasteiger partial charge in [-0.2, -0.15) is 5.26 Å². The molecule has 2 aromatic carbocycles. The zero-order valence-corrected chi connectivity index (χ0v) is 9.15. The SMILES string of the molecule is N#Cc1ccc(Oc2cc(F)cc(F)c2N)cc1. The Bertz CT molecular complexity index is 618. The Balaban J connectivity index is 2.31. The summed E-state index contributed by atoms with van der Waals surface area (Å²) in [6.07, 6.45) is 0. The van der Waals surface area contributed by atoms with E-state index in [2.05, 4.69) is 0 Å². The van der Waals surface area contributed by atoms with Crippen molar-refractivity contribution in [1.82, 2.24) is 0 Å². The molecule has 5 heteroatoms. The number of ether oxygens (including phenoxy) is 1. The molecule has 0 heterocycles. The van der Waals surface area contributed by atoms with Gasteiger partial charge in [-0.25, -0.2) is 8.78 Å². The second-order valence-electron chi connectivity index (χ2n) is 3.54. The van der Waals surface area contributed by atoms with E-state index in [9.17, 15) is 8.78 Å². The van der Waals surface area contributed by atoms with Crippen LogP contribution in [0.15, 0.2) is 36.4 Å². The second kappa shape index (κ2) is 4.72. The number of benzene rings is 2. The third-order valence-electron chi connectivity index (χ3n) is 2.27. The van der Waals surface area contributed by atoms with Gasteiger partial charge in [-0.15, -0.1) is 0 Å². The van der Waals surface area contributed by atoms with Gasteiger partial charge in [-0.05, 0) is 24.3 Å². The van der Waals surface area contributed by atoms with Crippen LogP contribution in [-0.4, -0.2) is 0 Å². The molecule has 0 unspecified atom stereocenters. The average molecular weight is 246 g/mol. The molecule has 0 aliphatic heterocycles. The van der Waals surface area contributed by atoms with E-state index in [1.54, 1.807) is 0 Å². The number of nitrogens with two attached hydrogens (primary N) is 1. The molecular weight excluding hydrogens is 238 g/mol. The van der Waals surface area contributed by atoms with Crippen LogP contribution in [0.1, 0.15) is 5.56 Å². The molecule has 0 radical (unpaired) electrons. The molecule has 2 rings (SSSR count). The summed E-state index contributed by atoms with van der Waals surface area (Å²) >= 11 is 0. The third-order valence-corrected chi connectivity index (χ3v) is 2.27. The fourth-order valence-corrected chi connectivity index (χ4v) is 1.37. The third kappa shape index (κ3) is 2.38. The van der Waals surface area contributed by atoms with Gasteiger partial charge >= 0.3 is 0 Å². The quantitative estimate of drug-likeness (QED) is 0.827. The summed E-state index contributed by atoms with van der Waals surface area (Å²) in [5.41, 5.74) is 5.63. The summed E-state index contributed by atoms with van der Waals surface area (Å²) in [7, 11) is 0. The molecule has 0 saturated heterocycles. The number of hydrogen-bond donors (Lipinski definition) is 1. The van der Waals surface area contributed by atoms with E-state index in [1.807, 2.05) is 6.07 Å². The van der Waals surface area contributed by atoms with E-state index in [0.717, 1.165) is 6.07 Å². The monoisotopic (exact) mass is 246 g/mol. The standard InChI is InChI=1S/C13H8F2N2O/c14-9-5-11(15)13(17)12(6-9)18-10-3-1-8(7-16)2-4-10/h1-6H,17H2. The van der Waals surface area contributed by atoms with Crippen molar-refractivity contribution in [3.8, 4) is 17.6 Å². The summed E-state index contributed by atoms with van der Waals surface area (Å²) in [5, 5.41) is 8.63. The van der Waals surface area contributed by atoms with Crippen molar-refractivity contribution in [3.05, 3.63) is 53.6 Å². The van der Waals surface area contributed by atoms with E-state index in [1.165, 1.54) is 24.3 Å². The van der Waals surface area contributed by atoms with E-state index in [-0.39, 0.29) is 11.4 Å². The summed E-state index contributed by atoms with van der Waals surface area (Å²) < 4.78 is 31.4. The Morgan fingerprint density at radius 3 is 2.39 bits per heavy atom. The van der Waals surface area contributed by atoms with Crippen molar-refractivity contribution in [1.29, 1.82) is 5.26 Å². The highest BCUT2D eigenvalue weighted by Crippen LogP contribution is 2.30. The van der Waals surface area contributed by atoms with Crippen molar-refractivity contribution < 1.29 is 13.5 Å². The first-order valence-corrected chi connectivity index (χ1v) is 5.02. The zero-order chi connectivity index (χ0) is 13.1. The fourth-order valence-electron chi connectivity index (χ4n) is 1.37. The lowest BCUT2D eigenvalue weighted by molar-refractivity contribution is 0.472. The topological polar surface area (TPSA) is 59.0 Å². The molecule has 0 spiro atoms. The Morgan fingerprint density at radius 2 is 1.78 bits per heavy atom. The van der Waals surface area contributed by atoms with Crippen LogP contribution in [0, 0.1) is 23.0 Å². The molecule has 0 aliphatic carbocycles. The minimum absolute atomic E-state index is 0.0998. The van der Waals surface area contributed by atoms with Crippen LogP contribution in [0.4, 0.5) is 14.5 Å². The maximum Gasteiger partial charge on any atom is 0.156 e. The lowest BCUT2D eigenvalue weighted by atomic mass is 10.2. The van der Waals surface area contributed by atoms with Crippen molar-refractivity contribution >= 4 is 5.69 Å². The predicted molar refractivity (Wildman–Crippen MR) is 62.0 cm³/mol. The molecule has 0 fully saturated rings. The van der Waals surface area contributed by atoms with Gasteiger partial charge < -0.3 is 10.5 Å². The van der Waals surface area contributed by atoms with Crippen LogP contribution in [0.25, 0.3) is 0 Å². The Labute approximate surface area is 102 Å². The van der Waals surface area contributed by atoms with Gasteiger partial charge in [0.15, 0.2) is 11.6 Å². The van der Waals surface area contributed by atoms with E-state index < -0.39 is 11.6 Å². The Kier molecular flexibility index (Phi) is 3.11. The zero-order valence-electron chi connectivity index (χ0n) is 9.15. The lowest BCUT2D eigenvalue weighted by Gasteiger charge is -2.09. The highest BCUT2D eigenvalue weighted by Gasteiger charge is 2.10. The van der Waals surface area contributed by atoms with Crippen molar-refractivity contribution in [2.45, 2.75) is 0 Å². The van der Waals surface area contributed by atoms with Crippen molar-refractivity contribution in [2.75, 3.05) is 5.73 Å². The van der Waals surface area contributed by atoms with Gasteiger partial charge in [0, 0.05) is 12.1 Å². The minimum Gasteiger partial charge on any atom is -0.455 e.